The van der Waals surface area contributed by atoms with E-state index in [9.17, 15) is 0 Å². The molecule has 0 spiro atoms. The number of hydrogen-bond acceptors (Lipinski definition) is 4. The summed E-state index contributed by atoms with van der Waals surface area (Å²) in [4.78, 5) is 15.7. The minimum atomic E-state index is 0.731. The highest BCUT2D eigenvalue weighted by Crippen LogP contribution is 2.15. The van der Waals surface area contributed by atoms with Gasteiger partial charge in [-0.3, -0.25) is 0 Å². The highest BCUT2D eigenvalue weighted by molar-refractivity contribution is 5.55. The van der Waals surface area contributed by atoms with Gasteiger partial charge in [0, 0.05) is 30.7 Å². The number of aryl methyl sites for hydroxylation is 1. The Balaban J connectivity index is 1.67. The fourth-order valence-corrected chi connectivity index (χ4v) is 1.95. The second-order valence-corrected chi connectivity index (χ2v) is 4.48. The molecule has 20 heavy (non-hydrogen) atoms. The van der Waals surface area contributed by atoms with Crippen molar-refractivity contribution < 1.29 is 0 Å². The van der Waals surface area contributed by atoms with Crippen LogP contribution < -0.4 is 5.32 Å². The molecule has 3 rings (SSSR count). The van der Waals surface area contributed by atoms with Crippen LogP contribution in [0, 0.1) is 6.92 Å². The summed E-state index contributed by atoms with van der Waals surface area (Å²) in [6.45, 7) is 2.61. The van der Waals surface area contributed by atoms with Gasteiger partial charge in [0.1, 0.15) is 17.5 Å². The van der Waals surface area contributed by atoms with Crippen molar-refractivity contribution in [3.63, 3.8) is 0 Å². The summed E-state index contributed by atoms with van der Waals surface area (Å²) >= 11 is 0. The van der Waals surface area contributed by atoms with Gasteiger partial charge >= 0.3 is 0 Å². The highest BCUT2D eigenvalue weighted by Gasteiger charge is 2.00. The first-order chi connectivity index (χ1) is 9.81. The average molecular weight is 265 g/mol. The molecule has 0 unspecified atom stereocenters. The number of aromatic nitrogens is 4. The van der Waals surface area contributed by atoms with Gasteiger partial charge in [-0.2, -0.15) is 0 Å². The third-order valence-corrected chi connectivity index (χ3v) is 2.98. The third-order valence-electron chi connectivity index (χ3n) is 2.98. The van der Waals surface area contributed by atoms with Crippen molar-refractivity contribution in [2.45, 2.75) is 13.5 Å². The van der Waals surface area contributed by atoms with Gasteiger partial charge in [0.15, 0.2) is 0 Å². The Morgan fingerprint density at radius 3 is 2.60 bits per heavy atom. The topological polar surface area (TPSA) is 66.5 Å². The SMILES string of the molecule is Cc1nccc(NCc2ccc(-c3ncc[nH]3)cc2)n1. The second kappa shape index (κ2) is 5.52. The van der Waals surface area contributed by atoms with Crippen molar-refractivity contribution in [2.75, 3.05) is 5.32 Å². The predicted molar refractivity (Wildman–Crippen MR) is 78.1 cm³/mol. The minimum Gasteiger partial charge on any atom is -0.366 e. The van der Waals surface area contributed by atoms with E-state index in [-0.39, 0.29) is 0 Å². The summed E-state index contributed by atoms with van der Waals surface area (Å²) in [5, 5.41) is 3.28. The molecule has 2 aromatic heterocycles. The maximum absolute atomic E-state index is 4.31. The number of hydrogen-bond donors (Lipinski definition) is 2. The molecular formula is C15H15N5. The summed E-state index contributed by atoms with van der Waals surface area (Å²) in [5.41, 5.74) is 2.27. The first-order valence-electron chi connectivity index (χ1n) is 6.43. The Morgan fingerprint density at radius 2 is 1.90 bits per heavy atom. The number of nitrogens with zero attached hydrogens (tertiary/aromatic N) is 3. The number of imidazole rings is 1. The Morgan fingerprint density at radius 1 is 1.05 bits per heavy atom. The normalized spacial score (nSPS) is 10.4. The van der Waals surface area contributed by atoms with E-state index in [0.717, 1.165) is 29.6 Å². The number of H-pyrrole nitrogens is 1. The van der Waals surface area contributed by atoms with Gasteiger partial charge in [0.05, 0.1) is 0 Å². The van der Waals surface area contributed by atoms with Crippen molar-refractivity contribution in [1.82, 2.24) is 19.9 Å². The Labute approximate surface area is 117 Å². The summed E-state index contributed by atoms with van der Waals surface area (Å²) in [5.74, 6) is 2.49. The van der Waals surface area contributed by atoms with Crippen LogP contribution >= 0.6 is 0 Å². The monoisotopic (exact) mass is 265 g/mol. The minimum absolute atomic E-state index is 0.731. The first-order valence-corrected chi connectivity index (χ1v) is 6.43. The van der Waals surface area contributed by atoms with Crippen LogP contribution in [0.15, 0.2) is 48.9 Å². The molecule has 2 heterocycles. The lowest BCUT2D eigenvalue weighted by Gasteiger charge is -2.06. The number of anilines is 1. The molecule has 0 radical (unpaired) electrons. The van der Waals surface area contributed by atoms with Crippen LogP contribution in [0.5, 0.6) is 0 Å². The Hall–Kier alpha value is -2.69. The van der Waals surface area contributed by atoms with Gasteiger partial charge in [0.2, 0.25) is 0 Å². The van der Waals surface area contributed by atoms with Gasteiger partial charge in [0.25, 0.3) is 0 Å². The van der Waals surface area contributed by atoms with Crippen LogP contribution in [0.3, 0.4) is 0 Å². The zero-order valence-electron chi connectivity index (χ0n) is 11.2. The fourth-order valence-electron chi connectivity index (χ4n) is 1.95. The molecule has 1 aromatic carbocycles. The molecule has 0 amide bonds. The lowest BCUT2D eigenvalue weighted by molar-refractivity contribution is 1.02. The van der Waals surface area contributed by atoms with E-state index in [1.54, 1.807) is 12.4 Å². The Kier molecular flexibility index (Phi) is 3.41. The second-order valence-electron chi connectivity index (χ2n) is 4.48. The van der Waals surface area contributed by atoms with E-state index in [2.05, 4.69) is 49.5 Å². The zero-order valence-corrected chi connectivity index (χ0v) is 11.2. The smallest absolute Gasteiger partial charge is 0.137 e. The quantitative estimate of drug-likeness (QED) is 0.761. The summed E-state index contributed by atoms with van der Waals surface area (Å²) < 4.78 is 0. The first kappa shape index (κ1) is 12.3. The lowest BCUT2D eigenvalue weighted by Crippen LogP contribution is -2.02. The molecule has 0 aliphatic carbocycles. The summed E-state index contributed by atoms with van der Waals surface area (Å²) in [6.07, 6.45) is 5.33. The van der Waals surface area contributed by atoms with Crippen LogP contribution in [0.4, 0.5) is 5.82 Å². The van der Waals surface area contributed by atoms with Crippen molar-refractivity contribution in [3.05, 3.63) is 60.3 Å². The molecule has 0 atom stereocenters. The van der Waals surface area contributed by atoms with Crippen LogP contribution in [0.1, 0.15) is 11.4 Å². The van der Waals surface area contributed by atoms with E-state index in [1.165, 1.54) is 5.56 Å². The van der Waals surface area contributed by atoms with Crippen molar-refractivity contribution in [2.24, 2.45) is 0 Å². The molecule has 0 aliphatic rings. The summed E-state index contributed by atoms with van der Waals surface area (Å²) in [6, 6.07) is 10.1. The van der Waals surface area contributed by atoms with Crippen molar-refractivity contribution in [3.8, 4) is 11.4 Å². The van der Waals surface area contributed by atoms with Gasteiger partial charge in [-0.15, -0.1) is 0 Å². The largest absolute Gasteiger partial charge is 0.366 e. The number of benzene rings is 1. The lowest BCUT2D eigenvalue weighted by atomic mass is 10.1. The molecule has 100 valence electrons. The predicted octanol–water partition coefficient (Wildman–Crippen LogP) is 2.79. The van der Waals surface area contributed by atoms with E-state index in [0.29, 0.717) is 0 Å². The van der Waals surface area contributed by atoms with Gasteiger partial charge in [-0.25, -0.2) is 15.0 Å². The molecule has 5 nitrogen and oxygen atoms in total. The van der Waals surface area contributed by atoms with E-state index < -0.39 is 0 Å². The average Bonchev–Trinajstić information content (AvgIpc) is 3.00. The molecule has 2 N–H and O–H groups in total. The van der Waals surface area contributed by atoms with Crippen LogP contribution in [-0.2, 0) is 6.54 Å². The van der Waals surface area contributed by atoms with Crippen LogP contribution in [-0.4, -0.2) is 19.9 Å². The molecule has 0 aliphatic heterocycles. The van der Waals surface area contributed by atoms with E-state index >= 15 is 0 Å². The van der Waals surface area contributed by atoms with Crippen molar-refractivity contribution in [1.29, 1.82) is 0 Å². The standard InChI is InChI=1S/C15H15N5/c1-11-16-7-6-14(20-11)19-10-12-2-4-13(5-3-12)15-17-8-9-18-15/h2-9H,10H2,1H3,(H,17,18)(H,16,19,20). The van der Waals surface area contributed by atoms with Gasteiger partial charge < -0.3 is 10.3 Å². The molecule has 5 heteroatoms. The third kappa shape index (κ3) is 2.83. The Bertz CT molecular complexity index is 674. The molecule has 0 saturated heterocycles. The van der Waals surface area contributed by atoms with Crippen LogP contribution in [0.25, 0.3) is 11.4 Å². The van der Waals surface area contributed by atoms with E-state index in [1.807, 2.05) is 19.2 Å². The number of rotatable bonds is 4. The summed E-state index contributed by atoms with van der Waals surface area (Å²) in [7, 11) is 0. The maximum atomic E-state index is 4.31. The van der Waals surface area contributed by atoms with Crippen molar-refractivity contribution >= 4 is 5.82 Å². The van der Waals surface area contributed by atoms with E-state index in [4.69, 9.17) is 0 Å². The molecule has 3 aromatic rings. The zero-order chi connectivity index (χ0) is 13.8. The number of aromatic amines is 1. The molecular weight excluding hydrogens is 250 g/mol. The highest BCUT2D eigenvalue weighted by atomic mass is 15.0. The van der Waals surface area contributed by atoms with Gasteiger partial charge in [-0.1, -0.05) is 24.3 Å². The van der Waals surface area contributed by atoms with Crippen LogP contribution in [0.2, 0.25) is 0 Å². The number of nitrogens with one attached hydrogen (secondary N) is 2. The molecule has 0 saturated carbocycles. The van der Waals surface area contributed by atoms with Gasteiger partial charge in [-0.05, 0) is 18.6 Å². The molecule has 0 fully saturated rings. The molecule has 0 bridgehead atoms. The maximum Gasteiger partial charge on any atom is 0.137 e. The fraction of sp³-hybridized carbons (Fsp3) is 0.133.